The Morgan fingerprint density at radius 3 is 2.31 bits per heavy atom. The molecule has 1 fully saturated rings. The van der Waals surface area contributed by atoms with Crippen molar-refractivity contribution >= 4 is 10.8 Å². The van der Waals surface area contributed by atoms with Gasteiger partial charge in [-0.25, -0.2) is 13.2 Å². The number of rotatable bonds is 10. The monoisotopic (exact) mass is 495 g/mol. The minimum atomic E-state index is -0.899. The molecular formula is C30H32F3NO2. The van der Waals surface area contributed by atoms with Gasteiger partial charge in [-0.3, -0.25) is 0 Å². The summed E-state index contributed by atoms with van der Waals surface area (Å²) in [6.07, 6.45) is 7.49. The zero-order valence-electron chi connectivity index (χ0n) is 20.7. The molecule has 0 aromatic heterocycles. The Morgan fingerprint density at radius 1 is 0.889 bits per heavy atom. The van der Waals surface area contributed by atoms with Crippen molar-refractivity contribution in [1.82, 2.24) is 0 Å². The largest absolute Gasteiger partial charge is 0.348 e. The fraction of sp³-hybridized carbons (Fsp3) is 0.433. The minimum Gasteiger partial charge on any atom is -0.348 e. The molecule has 0 saturated carbocycles. The lowest BCUT2D eigenvalue weighted by molar-refractivity contribution is -0.206. The van der Waals surface area contributed by atoms with Crippen LogP contribution in [0.3, 0.4) is 0 Å². The highest BCUT2D eigenvalue weighted by Crippen LogP contribution is 2.31. The number of fused-ring (bicyclic) bond motifs is 1. The summed E-state index contributed by atoms with van der Waals surface area (Å²) in [6, 6.07) is 12.8. The van der Waals surface area contributed by atoms with Crippen molar-refractivity contribution in [1.29, 1.82) is 5.26 Å². The number of nitriles is 1. The van der Waals surface area contributed by atoms with E-state index in [1.165, 1.54) is 38.2 Å². The van der Waals surface area contributed by atoms with Gasteiger partial charge in [0.25, 0.3) is 0 Å². The zero-order valence-corrected chi connectivity index (χ0v) is 20.7. The lowest BCUT2D eigenvalue weighted by Gasteiger charge is -2.30. The van der Waals surface area contributed by atoms with E-state index in [1.54, 1.807) is 12.1 Å². The molecule has 0 amide bonds. The fourth-order valence-electron chi connectivity index (χ4n) is 4.79. The molecule has 0 radical (unpaired) electrons. The number of unbranched alkanes of at least 4 members (excludes halogenated alkanes) is 4. The van der Waals surface area contributed by atoms with E-state index in [1.807, 2.05) is 18.2 Å². The second kappa shape index (κ2) is 12.4. The number of benzene rings is 3. The lowest BCUT2D eigenvalue weighted by atomic mass is 9.98. The summed E-state index contributed by atoms with van der Waals surface area (Å²) < 4.78 is 54.9. The molecule has 0 atom stereocenters. The van der Waals surface area contributed by atoms with E-state index >= 15 is 4.39 Å². The van der Waals surface area contributed by atoms with Gasteiger partial charge in [-0.15, -0.1) is 0 Å². The van der Waals surface area contributed by atoms with E-state index in [-0.39, 0.29) is 18.7 Å². The van der Waals surface area contributed by atoms with Gasteiger partial charge in [0.1, 0.15) is 29.1 Å². The third kappa shape index (κ3) is 6.27. The molecule has 190 valence electrons. The van der Waals surface area contributed by atoms with Crippen molar-refractivity contribution in [2.45, 2.75) is 64.6 Å². The van der Waals surface area contributed by atoms with Crippen molar-refractivity contribution in [3.05, 3.63) is 82.2 Å². The maximum Gasteiger partial charge on any atom is 0.183 e. The highest BCUT2D eigenvalue weighted by Gasteiger charge is 2.24. The third-order valence-corrected chi connectivity index (χ3v) is 6.91. The summed E-state index contributed by atoms with van der Waals surface area (Å²) in [7, 11) is 0. The topological polar surface area (TPSA) is 42.2 Å². The number of halogens is 3. The number of nitrogens with zero attached hydrogens (tertiary/aromatic N) is 1. The fourth-order valence-corrected chi connectivity index (χ4v) is 4.79. The van der Waals surface area contributed by atoms with Gasteiger partial charge in [-0.1, -0.05) is 63.3 Å². The molecule has 3 aromatic rings. The van der Waals surface area contributed by atoms with Crippen molar-refractivity contribution in [3.63, 3.8) is 0 Å². The number of hydrogen-bond donors (Lipinski definition) is 0. The SMILES string of the molecule is CCCCCCCC1COC(c2ccc3c(F)c(CCc4cc(F)c(C#N)c(F)c4)ccc3c2)OC1. The molecule has 0 spiro atoms. The Balaban J connectivity index is 1.36. The van der Waals surface area contributed by atoms with Gasteiger partial charge < -0.3 is 9.47 Å². The third-order valence-electron chi connectivity index (χ3n) is 6.91. The van der Waals surface area contributed by atoms with Gasteiger partial charge in [0.2, 0.25) is 0 Å². The van der Waals surface area contributed by atoms with Crippen LogP contribution in [-0.2, 0) is 22.3 Å². The normalized spacial score (nSPS) is 17.9. The second-order valence-electron chi connectivity index (χ2n) is 9.63. The summed E-state index contributed by atoms with van der Waals surface area (Å²) in [5.74, 6) is -1.72. The molecule has 0 bridgehead atoms. The van der Waals surface area contributed by atoms with Crippen LogP contribution in [-0.4, -0.2) is 13.2 Å². The van der Waals surface area contributed by atoms with Gasteiger partial charge in [-0.2, -0.15) is 5.26 Å². The molecule has 1 saturated heterocycles. The first-order valence-electron chi connectivity index (χ1n) is 12.8. The van der Waals surface area contributed by atoms with E-state index in [4.69, 9.17) is 14.7 Å². The highest BCUT2D eigenvalue weighted by molar-refractivity contribution is 5.84. The van der Waals surface area contributed by atoms with Gasteiger partial charge in [0.15, 0.2) is 6.29 Å². The molecule has 3 aromatic carbocycles. The van der Waals surface area contributed by atoms with Crippen LogP contribution >= 0.6 is 0 Å². The lowest BCUT2D eigenvalue weighted by Crippen LogP contribution is -2.27. The first-order chi connectivity index (χ1) is 17.5. The first-order valence-corrected chi connectivity index (χ1v) is 12.8. The van der Waals surface area contributed by atoms with Crippen LogP contribution < -0.4 is 0 Å². The molecule has 6 heteroatoms. The first kappa shape index (κ1) is 26.2. The summed E-state index contributed by atoms with van der Waals surface area (Å²) in [4.78, 5) is 0. The summed E-state index contributed by atoms with van der Waals surface area (Å²) in [5.41, 5.74) is 1.10. The number of hydrogen-bond acceptors (Lipinski definition) is 3. The Labute approximate surface area is 210 Å². The van der Waals surface area contributed by atoms with Gasteiger partial charge in [0.05, 0.1) is 13.2 Å². The summed E-state index contributed by atoms with van der Waals surface area (Å²) in [5, 5.41) is 10.0. The molecule has 1 aliphatic heterocycles. The standard InChI is InChI=1S/C30H32F3NO2/c1-2-3-4-5-6-7-21-18-35-30(36-19-21)24-12-13-25-23(16-24)11-10-22(29(25)33)9-8-20-14-27(31)26(17-34)28(32)15-20/h10-16,21,30H,2-9,18-19H2,1H3. The van der Waals surface area contributed by atoms with Crippen LogP contribution in [0.25, 0.3) is 10.8 Å². The van der Waals surface area contributed by atoms with Crippen LogP contribution in [0.4, 0.5) is 13.2 Å². The van der Waals surface area contributed by atoms with E-state index < -0.39 is 23.5 Å². The van der Waals surface area contributed by atoms with Crippen molar-refractivity contribution in [2.75, 3.05) is 13.2 Å². The molecule has 0 aliphatic carbocycles. The molecule has 0 unspecified atom stereocenters. The smallest absolute Gasteiger partial charge is 0.183 e. The van der Waals surface area contributed by atoms with E-state index in [9.17, 15) is 8.78 Å². The maximum atomic E-state index is 15.2. The molecule has 1 heterocycles. The Kier molecular flexibility index (Phi) is 9.01. The molecule has 4 rings (SSSR count). The molecule has 36 heavy (non-hydrogen) atoms. The molecule has 1 aliphatic rings. The summed E-state index contributed by atoms with van der Waals surface area (Å²) in [6.45, 7) is 3.55. The maximum absolute atomic E-state index is 15.2. The zero-order chi connectivity index (χ0) is 25.5. The van der Waals surface area contributed by atoms with E-state index in [0.717, 1.165) is 29.5 Å². The van der Waals surface area contributed by atoms with Crippen LogP contribution in [0.5, 0.6) is 0 Å². The predicted octanol–water partition coefficient (Wildman–Crippen LogP) is 7.94. The predicted molar refractivity (Wildman–Crippen MR) is 134 cm³/mol. The molecular weight excluding hydrogens is 463 g/mol. The Hall–Kier alpha value is -2.88. The Morgan fingerprint density at radius 2 is 1.61 bits per heavy atom. The average molecular weight is 496 g/mol. The highest BCUT2D eigenvalue weighted by atomic mass is 19.1. The Bertz CT molecular complexity index is 1210. The van der Waals surface area contributed by atoms with E-state index in [0.29, 0.717) is 35.6 Å². The van der Waals surface area contributed by atoms with Crippen molar-refractivity contribution in [2.24, 2.45) is 5.92 Å². The average Bonchev–Trinajstić information content (AvgIpc) is 2.88. The quantitative estimate of drug-likeness (QED) is 0.268. The van der Waals surface area contributed by atoms with Crippen LogP contribution in [0.15, 0.2) is 42.5 Å². The van der Waals surface area contributed by atoms with Crippen molar-refractivity contribution < 1.29 is 22.6 Å². The minimum absolute atomic E-state index is 0.254. The molecule has 3 nitrogen and oxygen atoms in total. The second-order valence-corrected chi connectivity index (χ2v) is 9.63. The van der Waals surface area contributed by atoms with E-state index in [2.05, 4.69) is 6.92 Å². The van der Waals surface area contributed by atoms with Crippen LogP contribution in [0.2, 0.25) is 0 Å². The van der Waals surface area contributed by atoms with Crippen LogP contribution in [0, 0.1) is 34.7 Å². The molecule has 0 N–H and O–H groups in total. The van der Waals surface area contributed by atoms with Gasteiger partial charge >= 0.3 is 0 Å². The number of ether oxygens (including phenoxy) is 2. The van der Waals surface area contributed by atoms with Gasteiger partial charge in [0, 0.05) is 16.9 Å². The summed E-state index contributed by atoms with van der Waals surface area (Å²) >= 11 is 0. The van der Waals surface area contributed by atoms with Crippen LogP contribution in [0.1, 0.15) is 74.0 Å². The van der Waals surface area contributed by atoms with Crippen molar-refractivity contribution in [3.8, 4) is 6.07 Å². The number of aryl methyl sites for hydroxylation is 2. The van der Waals surface area contributed by atoms with Gasteiger partial charge in [-0.05, 0) is 54.0 Å².